The maximum absolute atomic E-state index is 13.2. The zero-order valence-electron chi connectivity index (χ0n) is 10.1. The van der Waals surface area contributed by atoms with Crippen LogP contribution in [-0.2, 0) is 0 Å². The summed E-state index contributed by atoms with van der Waals surface area (Å²) in [5.41, 5.74) is -0.263. The Morgan fingerprint density at radius 1 is 1.22 bits per heavy atom. The highest BCUT2D eigenvalue weighted by Crippen LogP contribution is 2.10. The van der Waals surface area contributed by atoms with E-state index in [4.69, 9.17) is 0 Å². The SMILES string of the molecule is CCCNCCNC(=O)c1cccc(F)c1F.Cl. The van der Waals surface area contributed by atoms with E-state index in [0.29, 0.717) is 13.1 Å². The molecule has 1 aromatic carbocycles. The first-order valence-corrected chi connectivity index (χ1v) is 5.59. The molecule has 1 rings (SSSR count). The third-order valence-corrected chi connectivity index (χ3v) is 2.21. The number of hydrogen-bond donors (Lipinski definition) is 2. The Labute approximate surface area is 111 Å². The van der Waals surface area contributed by atoms with Gasteiger partial charge in [-0.25, -0.2) is 8.78 Å². The van der Waals surface area contributed by atoms with Crippen LogP contribution in [0.1, 0.15) is 23.7 Å². The van der Waals surface area contributed by atoms with Gasteiger partial charge in [0, 0.05) is 13.1 Å². The van der Waals surface area contributed by atoms with E-state index in [1.165, 1.54) is 12.1 Å². The van der Waals surface area contributed by atoms with Crippen molar-refractivity contribution >= 4 is 18.3 Å². The zero-order valence-corrected chi connectivity index (χ0v) is 10.9. The van der Waals surface area contributed by atoms with Gasteiger partial charge in [0.25, 0.3) is 5.91 Å². The Hall–Kier alpha value is -1.20. The highest BCUT2D eigenvalue weighted by molar-refractivity contribution is 5.94. The molecular weight excluding hydrogens is 262 g/mol. The second kappa shape index (κ2) is 8.83. The summed E-state index contributed by atoms with van der Waals surface area (Å²) in [5, 5.41) is 5.60. The summed E-state index contributed by atoms with van der Waals surface area (Å²) in [6.45, 7) is 3.89. The Morgan fingerprint density at radius 3 is 2.61 bits per heavy atom. The second-order valence-corrected chi connectivity index (χ2v) is 3.61. The fourth-order valence-corrected chi connectivity index (χ4v) is 1.34. The van der Waals surface area contributed by atoms with Crippen molar-refractivity contribution in [3.05, 3.63) is 35.4 Å². The van der Waals surface area contributed by atoms with Gasteiger partial charge >= 0.3 is 0 Å². The molecule has 0 aromatic heterocycles. The maximum atomic E-state index is 13.2. The first-order valence-electron chi connectivity index (χ1n) is 5.59. The number of hydrogen-bond acceptors (Lipinski definition) is 2. The summed E-state index contributed by atoms with van der Waals surface area (Å²) < 4.78 is 26.1. The molecule has 18 heavy (non-hydrogen) atoms. The molecule has 6 heteroatoms. The van der Waals surface area contributed by atoms with E-state index in [1.807, 2.05) is 6.92 Å². The first-order chi connectivity index (χ1) is 8.16. The topological polar surface area (TPSA) is 41.1 Å². The molecule has 1 aromatic rings. The minimum atomic E-state index is -1.11. The summed E-state index contributed by atoms with van der Waals surface area (Å²) in [5.74, 6) is -2.71. The average molecular weight is 279 g/mol. The Bertz CT molecular complexity index is 388. The Balaban J connectivity index is 0.00000289. The Kier molecular flexibility index (Phi) is 8.24. The fraction of sp³-hybridized carbons (Fsp3) is 0.417. The van der Waals surface area contributed by atoms with Gasteiger partial charge in [0.1, 0.15) is 0 Å². The van der Waals surface area contributed by atoms with Gasteiger partial charge in [0.15, 0.2) is 11.6 Å². The van der Waals surface area contributed by atoms with Crippen LogP contribution >= 0.6 is 12.4 Å². The minimum Gasteiger partial charge on any atom is -0.351 e. The molecule has 0 aliphatic carbocycles. The van der Waals surface area contributed by atoms with Crippen molar-refractivity contribution < 1.29 is 13.6 Å². The molecule has 1 amide bonds. The van der Waals surface area contributed by atoms with Crippen molar-refractivity contribution in [1.29, 1.82) is 0 Å². The van der Waals surface area contributed by atoms with Gasteiger partial charge in [-0.05, 0) is 25.1 Å². The minimum absolute atomic E-state index is 0. The standard InChI is InChI=1S/C12H16F2N2O.ClH/c1-2-6-15-7-8-16-12(17)9-4-3-5-10(13)11(9)14;/h3-5,15H,2,6-8H2,1H3,(H,16,17);1H. The fourth-order valence-electron chi connectivity index (χ4n) is 1.34. The van der Waals surface area contributed by atoms with Crippen molar-refractivity contribution in [1.82, 2.24) is 10.6 Å². The number of amides is 1. The molecule has 0 radical (unpaired) electrons. The predicted octanol–water partition coefficient (Wildman–Crippen LogP) is 2.12. The van der Waals surface area contributed by atoms with Crippen molar-refractivity contribution in [3.8, 4) is 0 Å². The molecule has 0 saturated carbocycles. The van der Waals surface area contributed by atoms with E-state index in [2.05, 4.69) is 10.6 Å². The number of rotatable bonds is 6. The van der Waals surface area contributed by atoms with Crippen LogP contribution < -0.4 is 10.6 Å². The van der Waals surface area contributed by atoms with E-state index in [-0.39, 0.29) is 18.0 Å². The van der Waals surface area contributed by atoms with Crippen LogP contribution in [0.3, 0.4) is 0 Å². The summed E-state index contributed by atoms with van der Waals surface area (Å²) in [6.07, 6.45) is 1.01. The van der Waals surface area contributed by atoms with Crippen LogP contribution in [0.4, 0.5) is 8.78 Å². The lowest BCUT2D eigenvalue weighted by Gasteiger charge is -2.07. The third kappa shape index (κ3) is 4.98. The molecule has 0 saturated heterocycles. The smallest absolute Gasteiger partial charge is 0.254 e. The molecule has 0 unspecified atom stereocenters. The lowest BCUT2D eigenvalue weighted by Crippen LogP contribution is -2.32. The van der Waals surface area contributed by atoms with Crippen molar-refractivity contribution in [2.45, 2.75) is 13.3 Å². The number of carbonyl (C=O) groups is 1. The summed E-state index contributed by atoms with van der Waals surface area (Å²) in [4.78, 5) is 11.5. The number of benzene rings is 1. The molecule has 0 aliphatic heterocycles. The van der Waals surface area contributed by atoms with Crippen LogP contribution in [0.15, 0.2) is 18.2 Å². The summed E-state index contributed by atoms with van der Waals surface area (Å²) in [7, 11) is 0. The third-order valence-electron chi connectivity index (χ3n) is 2.21. The van der Waals surface area contributed by atoms with Crippen LogP contribution in [0, 0.1) is 11.6 Å². The van der Waals surface area contributed by atoms with Gasteiger partial charge in [-0.15, -0.1) is 12.4 Å². The molecule has 3 nitrogen and oxygen atoms in total. The van der Waals surface area contributed by atoms with E-state index in [1.54, 1.807) is 0 Å². The van der Waals surface area contributed by atoms with Gasteiger partial charge in [0.05, 0.1) is 5.56 Å². The monoisotopic (exact) mass is 278 g/mol. The van der Waals surface area contributed by atoms with Crippen molar-refractivity contribution in [2.24, 2.45) is 0 Å². The molecule has 102 valence electrons. The molecule has 0 atom stereocenters. The first kappa shape index (κ1) is 16.8. The van der Waals surface area contributed by atoms with Gasteiger partial charge in [-0.1, -0.05) is 13.0 Å². The lowest BCUT2D eigenvalue weighted by atomic mass is 10.2. The van der Waals surface area contributed by atoms with E-state index >= 15 is 0 Å². The molecular formula is C12H17ClF2N2O. The summed E-state index contributed by atoms with van der Waals surface area (Å²) in [6, 6.07) is 3.55. The molecule has 2 N–H and O–H groups in total. The molecule has 0 heterocycles. The number of nitrogens with one attached hydrogen (secondary N) is 2. The predicted molar refractivity (Wildman–Crippen MR) is 69.1 cm³/mol. The van der Waals surface area contributed by atoms with E-state index < -0.39 is 17.5 Å². The van der Waals surface area contributed by atoms with Crippen LogP contribution in [0.5, 0.6) is 0 Å². The van der Waals surface area contributed by atoms with Crippen LogP contribution in [-0.4, -0.2) is 25.5 Å². The van der Waals surface area contributed by atoms with E-state index in [0.717, 1.165) is 19.0 Å². The molecule has 0 aliphatic rings. The normalized spacial score (nSPS) is 9.72. The molecule has 0 bridgehead atoms. The van der Waals surface area contributed by atoms with Gasteiger partial charge < -0.3 is 10.6 Å². The quantitative estimate of drug-likeness (QED) is 0.783. The molecule has 0 fully saturated rings. The summed E-state index contributed by atoms with van der Waals surface area (Å²) >= 11 is 0. The van der Waals surface area contributed by atoms with Crippen molar-refractivity contribution in [2.75, 3.05) is 19.6 Å². The number of halogens is 3. The zero-order chi connectivity index (χ0) is 12.7. The Morgan fingerprint density at radius 2 is 1.94 bits per heavy atom. The maximum Gasteiger partial charge on any atom is 0.254 e. The second-order valence-electron chi connectivity index (χ2n) is 3.61. The highest BCUT2D eigenvalue weighted by atomic mass is 35.5. The largest absolute Gasteiger partial charge is 0.351 e. The molecule has 0 spiro atoms. The highest BCUT2D eigenvalue weighted by Gasteiger charge is 2.13. The van der Waals surface area contributed by atoms with Gasteiger partial charge in [-0.2, -0.15) is 0 Å². The van der Waals surface area contributed by atoms with Crippen LogP contribution in [0.2, 0.25) is 0 Å². The van der Waals surface area contributed by atoms with Crippen LogP contribution in [0.25, 0.3) is 0 Å². The number of carbonyl (C=O) groups excluding carboxylic acids is 1. The average Bonchev–Trinajstić information content (AvgIpc) is 2.32. The van der Waals surface area contributed by atoms with Gasteiger partial charge in [0.2, 0.25) is 0 Å². The van der Waals surface area contributed by atoms with Gasteiger partial charge in [-0.3, -0.25) is 4.79 Å². The van der Waals surface area contributed by atoms with E-state index in [9.17, 15) is 13.6 Å². The lowest BCUT2D eigenvalue weighted by molar-refractivity contribution is 0.0949. The van der Waals surface area contributed by atoms with Crippen molar-refractivity contribution in [3.63, 3.8) is 0 Å².